The Labute approximate surface area is 117 Å². The third kappa shape index (κ3) is 3.71. The van der Waals surface area contributed by atoms with Crippen molar-refractivity contribution in [3.05, 3.63) is 30.3 Å². The predicted molar refractivity (Wildman–Crippen MR) is 75.3 cm³/mol. The molecule has 0 atom stereocenters. The molecule has 0 saturated heterocycles. The van der Waals surface area contributed by atoms with E-state index >= 15 is 0 Å². The van der Waals surface area contributed by atoms with Gasteiger partial charge < -0.3 is 21.1 Å². The third-order valence-electron chi connectivity index (χ3n) is 3.46. The fraction of sp³-hybridized carbons (Fsp3) is 0.429. The summed E-state index contributed by atoms with van der Waals surface area (Å²) in [5, 5.41) is 17.1. The summed E-state index contributed by atoms with van der Waals surface area (Å²) in [5.74, 6) is -0.290. The summed E-state index contributed by atoms with van der Waals surface area (Å²) >= 11 is 0. The van der Waals surface area contributed by atoms with E-state index in [-0.39, 0.29) is 19.1 Å². The van der Waals surface area contributed by atoms with Crippen molar-refractivity contribution in [1.29, 1.82) is 0 Å². The monoisotopic (exact) mass is 277 g/mol. The molecule has 1 aliphatic rings. The number of urea groups is 1. The van der Waals surface area contributed by atoms with Crippen LogP contribution in [0.25, 0.3) is 0 Å². The number of para-hydroxylation sites is 1. The van der Waals surface area contributed by atoms with Crippen molar-refractivity contribution >= 4 is 17.6 Å². The average molecular weight is 277 g/mol. The van der Waals surface area contributed by atoms with Crippen LogP contribution in [0.5, 0.6) is 0 Å². The summed E-state index contributed by atoms with van der Waals surface area (Å²) in [6, 6.07) is 8.55. The maximum absolute atomic E-state index is 11.7. The number of benzene rings is 1. The molecule has 1 saturated carbocycles. The van der Waals surface area contributed by atoms with Crippen LogP contribution in [0.4, 0.5) is 10.5 Å². The van der Waals surface area contributed by atoms with Crippen LogP contribution in [0.2, 0.25) is 0 Å². The van der Waals surface area contributed by atoms with Crippen LogP contribution in [0.15, 0.2) is 30.3 Å². The third-order valence-corrected chi connectivity index (χ3v) is 3.46. The number of aliphatic hydroxyl groups excluding tert-OH is 1. The van der Waals surface area contributed by atoms with Gasteiger partial charge in [-0.15, -0.1) is 0 Å². The molecule has 0 aliphatic heterocycles. The highest BCUT2D eigenvalue weighted by Crippen LogP contribution is 2.30. The van der Waals surface area contributed by atoms with Gasteiger partial charge in [-0.25, -0.2) is 4.79 Å². The van der Waals surface area contributed by atoms with Gasteiger partial charge in [-0.05, 0) is 31.4 Å². The van der Waals surface area contributed by atoms with Crippen molar-refractivity contribution < 1.29 is 14.7 Å². The number of amides is 3. The zero-order valence-electron chi connectivity index (χ0n) is 11.2. The largest absolute Gasteiger partial charge is 0.394 e. The van der Waals surface area contributed by atoms with E-state index in [2.05, 4.69) is 16.0 Å². The number of anilines is 1. The Hall–Kier alpha value is -2.08. The van der Waals surface area contributed by atoms with Crippen molar-refractivity contribution in [2.24, 2.45) is 0 Å². The van der Waals surface area contributed by atoms with Crippen molar-refractivity contribution in [3.8, 4) is 0 Å². The molecule has 1 aliphatic carbocycles. The molecule has 1 aromatic carbocycles. The molecule has 20 heavy (non-hydrogen) atoms. The number of nitrogens with one attached hydrogen (secondary N) is 3. The van der Waals surface area contributed by atoms with E-state index in [9.17, 15) is 14.7 Å². The Bertz CT molecular complexity index is 466. The number of hydrogen-bond acceptors (Lipinski definition) is 3. The summed E-state index contributed by atoms with van der Waals surface area (Å²) < 4.78 is 0. The molecule has 1 fully saturated rings. The number of rotatable bonds is 5. The van der Waals surface area contributed by atoms with E-state index in [4.69, 9.17) is 0 Å². The molecular weight excluding hydrogens is 258 g/mol. The van der Waals surface area contributed by atoms with Crippen molar-refractivity contribution in [2.45, 2.75) is 24.8 Å². The van der Waals surface area contributed by atoms with Crippen LogP contribution >= 0.6 is 0 Å². The van der Waals surface area contributed by atoms with Crippen LogP contribution < -0.4 is 16.0 Å². The fourth-order valence-corrected chi connectivity index (χ4v) is 2.12. The van der Waals surface area contributed by atoms with E-state index in [1.165, 1.54) is 0 Å². The second-order valence-electron chi connectivity index (χ2n) is 5.01. The van der Waals surface area contributed by atoms with Gasteiger partial charge in [-0.2, -0.15) is 0 Å². The first-order valence-corrected chi connectivity index (χ1v) is 6.65. The van der Waals surface area contributed by atoms with Crippen LogP contribution in [0, 0.1) is 0 Å². The number of hydrogen-bond donors (Lipinski definition) is 4. The molecule has 0 radical (unpaired) electrons. The van der Waals surface area contributed by atoms with E-state index in [1.54, 1.807) is 12.1 Å². The lowest BCUT2D eigenvalue weighted by Crippen LogP contribution is -2.58. The van der Waals surface area contributed by atoms with E-state index in [0.717, 1.165) is 19.3 Å². The van der Waals surface area contributed by atoms with Crippen molar-refractivity contribution in [1.82, 2.24) is 10.6 Å². The highest BCUT2D eigenvalue weighted by molar-refractivity contribution is 5.92. The summed E-state index contributed by atoms with van der Waals surface area (Å²) in [6.07, 6.45) is 2.57. The Morgan fingerprint density at radius 2 is 1.90 bits per heavy atom. The van der Waals surface area contributed by atoms with Gasteiger partial charge in [0.05, 0.1) is 18.7 Å². The zero-order valence-corrected chi connectivity index (χ0v) is 11.2. The van der Waals surface area contributed by atoms with Crippen LogP contribution in [0.3, 0.4) is 0 Å². The van der Waals surface area contributed by atoms with Crippen LogP contribution in [0.1, 0.15) is 19.3 Å². The number of carbonyl (C=O) groups is 2. The Balaban J connectivity index is 1.72. The highest BCUT2D eigenvalue weighted by atomic mass is 16.3. The zero-order chi connectivity index (χ0) is 14.4. The second kappa shape index (κ2) is 6.38. The maximum Gasteiger partial charge on any atom is 0.319 e. The molecule has 3 amide bonds. The lowest BCUT2D eigenvalue weighted by Gasteiger charge is -2.40. The molecule has 0 aromatic heterocycles. The Morgan fingerprint density at radius 1 is 1.20 bits per heavy atom. The highest BCUT2D eigenvalue weighted by Gasteiger charge is 2.37. The van der Waals surface area contributed by atoms with Gasteiger partial charge in [0.25, 0.3) is 0 Å². The fourth-order valence-electron chi connectivity index (χ4n) is 2.12. The first-order valence-electron chi connectivity index (χ1n) is 6.65. The van der Waals surface area contributed by atoms with Gasteiger partial charge in [0.15, 0.2) is 0 Å². The summed E-state index contributed by atoms with van der Waals surface area (Å²) in [7, 11) is 0. The first-order chi connectivity index (χ1) is 9.63. The lowest BCUT2D eigenvalue weighted by atomic mass is 9.77. The van der Waals surface area contributed by atoms with E-state index in [0.29, 0.717) is 5.69 Å². The Kier molecular flexibility index (Phi) is 4.57. The second-order valence-corrected chi connectivity index (χ2v) is 5.01. The molecule has 0 unspecified atom stereocenters. The van der Waals surface area contributed by atoms with E-state index < -0.39 is 11.6 Å². The summed E-state index contributed by atoms with van der Waals surface area (Å²) in [4.78, 5) is 23.3. The van der Waals surface area contributed by atoms with Crippen LogP contribution in [-0.4, -0.2) is 35.7 Å². The molecule has 6 heteroatoms. The topological polar surface area (TPSA) is 90.5 Å². The van der Waals surface area contributed by atoms with Gasteiger partial charge >= 0.3 is 6.03 Å². The predicted octanol–water partition coefficient (Wildman–Crippen LogP) is 0.839. The van der Waals surface area contributed by atoms with Crippen molar-refractivity contribution in [2.75, 3.05) is 18.5 Å². The van der Waals surface area contributed by atoms with Gasteiger partial charge in [0.1, 0.15) is 0 Å². The number of carbonyl (C=O) groups excluding carboxylic acids is 2. The van der Waals surface area contributed by atoms with Gasteiger partial charge in [0, 0.05) is 5.69 Å². The average Bonchev–Trinajstić information content (AvgIpc) is 2.42. The molecule has 108 valence electrons. The standard InChI is InChI=1S/C14H19N3O3/c18-10-14(7-4-8-14)17-12(19)9-15-13(20)16-11-5-2-1-3-6-11/h1-3,5-6,18H,4,7-10H2,(H,17,19)(H2,15,16,20). The molecule has 0 spiro atoms. The van der Waals surface area contributed by atoms with Gasteiger partial charge in [-0.1, -0.05) is 18.2 Å². The van der Waals surface area contributed by atoms with Crippen molar-refractivity contribution in [3.63, 3.8) is 0 Å². The molecule has 1 aromatic rings. The maximum atomic E-state index is 11.7. The normalized spacial score (nSPS) is 15.8. The molecule has 2 rings (SSSR count). The van der Waals surface area contributed by atoms with E-state index in [1.807, 2.05) is 18.2 Å². The smallest absolute Gasteiger partial charge is 0.319 e. The minimum atomic E-state index is -0.478. The minimum Gasteiger partial charge on any atom is -0.394 e. The molecule has 6 nitrogen and oxygen atoms in total. The Morgan fingerprint density at radius 3 is 2.45 bits per heavy atom. The SMILES string of the molecule is O=C(CNC(=O)Nc1ccccc1)NC1(CO)CCC1. The number of aliphatic hydroxyl groups is 1. The quantitative estimate of drug-likeness (QED) is 0.643. The summed E-state index contributed by atoms with van der Waals surface area (Å²) in [6.45, 7) is -0.171. The minimum absolute atomic E-state index is 0.0606. The lowest BCUT2D eigenvalue weighted by molar-refractivity contribution is -0.124. The van der Waals surface area contributed by atoms with Gasteiger partial charge in [-0.3, -0.25) is 4.79 Å². The van der Waals surface area contributed by atoms with Crippen LogP contribution in [-0.2, 0) is 4.79 Å². The first kappa shape index (κ1) is 14.3. The molecule has 4 N–H and O–H groups in total. The summed E-state index contributed by atoms with van der Waals surface area (Å²) in [5.41, 5.74) is 0.186. The molecule has 0 bridgehead atoms. The molecular formula is C14H19N3O3. The van der Waals surface area contributed by atoms with Gasteiger partial charge in [0.2, 0.25) is 5.91 Å². The molecule has 0 heterocycles.